The fourth-order valence-electron chi connectivity index (χ4n) is 2.89. The van der Waals surface area contributed by atoms with E-state index in [4.69, 9.17) is 4.74 Å². The fraction of sp³-hybridized carbons (Fsp3) is 0.625. The summed E-state index contributed by atoms with van der Waals surface area (Å²) in [5.41, 5.74) is 0.339. The Balaban J connectivity index is 2.21. The molecule has 1 N–H and O–H groups in total. The van der Waals surface area contributed by atoms with Crippen LogP contribution in [0.2, 0.25) is 0 Å². The molecule has 0 radical (unpaired) electrons. The monoisotopic (exact) mass is 248 g/mol. The third kappa shape index (κ3) is 2.69. The first-order valence-electron chi connectivity index (χ1n) is 7.01. The van der Waals surface area contributed by atoms with Gasteiger partial charge >= 0.3 is 0 Å². The molecule has 3 atom stereocenters. The van der Waals surface area contributed by atoms with Crippen molar-refractivity contribution in [1.29, 1.82) is 0 Å². The van der Waals surface area contributed by atoms with Crippen molar-refractivity contribution in [2.45, 2.75) is 45.6 Å². The molecule has 100 valence electrons. The zero-order valence-electron chi connectivity index (χ0n) is 11.6. The Labute approximate surface area is 110 Å². The first-order chi connectivity index (χ1) is 8.55. The van der Waals surface area contributed by atoms with Crippen LogP contribution in [0.25, 0.3) is 0 Å². The van der Waals surface area contributed by atoms with E-state index in [-0.39, 0.29) is 0 Å². The largest absolute Gasteiger partial charge is 0.494 e. The van der Waals surface area contributed by atoms with Crippen molar-refractivity contribution in [3.63, 3.8) is 0 Å². The maximum atomic E-state index is 10.9. The molecule has 18 heavy (non-hydrogen) atoms. The molecule has 1 aromatic rings. The summed E-state index contributed by atoms with van der Waals surface area (Å²) in [4.78, 5) is 0. The smallest absolute Gasteiger partial charge is 0.119 e. The predicted molar refractivity (Wildman–Crippen MR) is 73.7 cm³/mol. The van der Waals surface area contributed by atoms with Gasteiger partial charge in [-0.25, -0.2) is 0 Å². The van der Waals surface area contributed by atoms with Gasteiger partial charge < -0.3 is 9.84 Å². The highest BCUT2D eigenvalue weighted by Gasteiger charge is 2.37. The summed E-state index contributed by atoms with van der Waals surface area (Å²) in [6.07, 6.45) is 2.80. The van der Waals surface area contributed by atoms with Crippen molar-refractivity contribution in [3.05, 3.63) is 29.8 Å². The first-order valence-corrected chi connectivity index (χ1v) is 7.01. The lowest BCUT2D eigenvalue weighted by atomic mass is 9.70. The molecule has 2 nitrogen and oxygen atoms in total. The third-order valence-corrected chi connectivity index (χ3v) is 4.33. The van der Waals surface area contributed by atoms with Gasteiger partial charge in [-0.1, -0.05) is 26.0 Å². The maximum absolute atomic E-state index is 10.9. The third-order valence-electron chi connectivity index (χ3n) is 4.33. The van der Waals surface area contributed by atoms with Crippen molar-refractivity contribution in [3.8, 4) is 5.75 Å². The lowest BCUT2D eigenvalue weighted by molar-refractivity contribution is -0.0337. The zero-order valence-corrected chi connectivity index (χ0v) is 11.6. The van der Waals surface area contributed by atoms with E-state index in [1.807, 2.05) is 31.2 Å². The van der Waals surface area contributed by atoms with Gasteiger partial charge in [0.1, 0.15) is 5.75 Å². The Hall–Kier alpha value is -1.02. The van der Waals surface area contributed by atoms with Crippen LogP contribution in [0.15, 0.2) is 24.3 Å². The van der Waals surface area contributed by atoms with Gasteiger partial charge in [0.25, 0.3) is 0 Å². The Bertz CT molecular complexity index is 402. The number of aliphatic hydroxyl groups is 1. The van der Waals surface area contributed by atoms with Crippen LogP contribution >= 0.6 is 0 Å². The molecule has 2 heteroatoms. The molecule has 0 amide bonds. The second-order valence-corrected chi connectivity index (χ2v) is 5.69. The summed E-state index contributed by atoms with van der Waals surface area (Å²) in [7, 11) is 0. The maximum Gasteiger partial charge on any atom is 0.119 e. The Kier molecular flexibility index (Phi) is 3.96. The minimum atomic E-state index is -0.668. The summed E-state index contributed by atoms with van der Waals surface area (Å²) in [5.74, 6) is 2.13. The molecule has 1 aliphatic carbocycles. The number of rotatable bonds is 3. The Morgan fingerprint density at radius 2 is 2.11 bits per heavy atom. The van der Waals surface area contributed by atoms with Crippen LogP contribution in [0.5, 0.6) is 5.75 Å². The molecule has 0 aliphatic heterocycles. The van der Waals surface area contributed by atoms with Crippen molar-refractivity contribution in [2.75, 3.05) is 6.61 Å². The molecule has 0 heterocycles. The predicted octanol–water partition coefficient (Wildman–Crippen LogP) is 3.73. The van der Waals surface area contributed by atoms with E-state index in [1.54, 1.807) is 0 Å². The number of ether oxygens (including phenoxy) is 1. The van der Waals surface area contributed by atoms with Crippen LogP contribution in [0, 0.1) is 11.8 Å². The molecule has 0 bridgehead atoms. The minimum absolute atomic E-state index is 0.569. The van der Waals surface area contributed by atoms with Gasteiger partial charge in [-0.15, -0.1) is 0 Å². The molecule has 1 fully saturated rings. The van der Waals surface area contributed by atoms with Gasteiger partial charge in [0.05, 0.1) is 12.2 Å². The topological polar surface area (TPSA) is 29.5 Å². The SMILES string of the molecule is CCOc1cccc(C2(O)CCC(C)C(C)C2)c1. The average molecular weight is 248 g/mol. The van der Waals surface area contributed by atoms with E-state index in [0.717, 1.165) is 30.6 Å². The highest BCUT2D eigenvalue weighted by atomic mass is 16.5. The quantitative estimate of drug-likeness (QED) is 0.883. The van der Waals surface area contributed by atoms with Gasteiger partial charge in [-0.05, 0) is 55.7 Å². The van der Waals surface area contributed by atoms with E-state index in [1.165, 1.54) is 0 Å². The molecule has 1 aliphatic rings. The average Bonchev–Trinajstić information content (AvgIpc) is 2.35. The van der Waals surface area contributed by atoms with Crippen LogP contribution in [0.3, 0.4) is 0 Å². The number of hydrogen-bond acceptors (Lipinski definition) is 2. The normalized spacial score (nSPS) is 32.2. The van der Waals surface area contributed by atoms with E-state index in [0.29, 0.717) is 18.4 Å². The first kappa shape index (κ1) is 13.4. The van der Waals surface area contributed by atoms with Crippen LogP contribution in [0.1, 0.15) is 45.6 Å². The van der Waals surface area contributed by atoms with Gasteiger partial charge in [0.15, 0.2) is 0 Å². The molecular weight excluding hydrogens is 224 g/mol. The molecule has 0 saturated heterocycles. The second-order valence-electron chi connectivity index (χ2n) is 5.69. The second kappa shape index (κ2) is 5.31. The van der Waals surface area contributed by atoms with E-state index in [2.05, 4.69) is 13.8 Å². The summed E-state index contributed by atoms with van der Waals surface area (Å²) in [6, 6.07) is 7.93. The fourth-order valence-corrected chi connectivity index (χ4v) is 2.89. The van der Waals surface area contributed by atoms with E-state index >= 15 is 0 Å². The lowest BCUT2D eigenvalue weighted by Gasteiger charge is -2.39. The molecule has 2 rings (SSSR count). The molecule has 3 unspecified atom stereocenters. The van der Waals surface area contributed by atoms with Gasteiger partial charge in [0.2, 0.25) is 0 Å². The van der Waals surface area contributed by atoms with Crippen molar-refractivity contribution < 1.29 is 9.84 Å². The van der Waals surface area contributed by atoms with Crippen LogP contribution in [-0.2, 0) is 5.60 Å². The van der Waals surface area contributed by atoms with Crippen molar-refractivity contribution >= 4 is 0 Å². The summed E-state index contributed by atoms with van der Waals surface area (Å²) in [5, 5.41) is 10.9. The van der Waals surface area contributed by atoms with Crippen molar-refractivity contribution in [1.82, 2.24) is 0 Å². The zero-order chi connectivity index (χ0) is 13.2. The van der Waals surface area contributed by atoms with Crippen LogP contribution in [0.4, 0.5) is 0 Å². The minimum Gasteiger partial charge on any atom is -0.494 e. The number of hydrogen-bond donors (Lipinski definition) is 1. The molecule has 1 saturated carbocycles. The van der Waals surface area contributed by atoms with Crippen LogP contribution < -0.4 is 4.74 Å². The Morgan fingerprint density at radius 3 is 2.78 bits per heavy atom. The molecule has 0 spiro atoms. The van der Waals surface area contributed by atoms with Crippen LogP contribution in [-0.4, -0.2) is 11.7 Å². The highest BCUT2D eigenvalue weighted by Crippen LogP contribution is 2.42. The Morgan fingerprint density at radius 1 is 1.33 bits per heavy atom. The standard InChI is InChI=1S/C16H24O2/c1-4-18-15-7-5-6-14(10-15)16(17)9-8-12(2)13(3)11-16/h5-7,10,12-13,17H,4,8-9,11H2,1-3H3. The highest BCUT2D eigenvalue weighted by molar-refractivity contribution is 5.32. The molecular formula is C16H24O2. The lowest BCUT2D eigenvalue weighted by Crippen LogP contribution is -2.35. The summed E-state index contributed by atoms with van der Waals surface area (Å²) < 4.78 is 5.52. The van der Waals surface area contributed by atoms with Gasteiger partial charge in [-0.3, -0.25) is 0 Å². The van der Waals surface area contributed by atoms with Crippen molar-refractivity contribution in [2.24, 2.45) is 11.8 Å². The summed E-state index contributed by atoms with van der Waals surface area (Å²) in [6.45, 7) is 7.16. The van der Waals surface area contributed by atoms with Gasteiger partial charge in [0, 0.05) is 0 Å². The number of benzene rings is 1. The molecule has 1 aromatic carbocycles. The van der Waals surface area contributed by atoms with Gasteiger partial charge in [-0.2, -0.15) is 0 Å². The summed E-state index contributed by atoms with van der Waals surface area (Å²) >= 11 is 0. The molecule has 0 aromatic heterocycles. The van der Waals surface area contributed by atoms with E-state index < -0.39 is 5.60 Å². The van der Waals surface area contributed by atoms with E-state index in [9.17, 15) is 5.11 Å².